The van der Waals surface area contributed by atoms with Crippen molar-refractivity contribution in [3.63, 3.8) is 0 Å². The fraction of sp³-hybridized carbons (Fsp3) is 0.500. The Kier molecular flexibility index (Phi) is 5.76. The summed E-state index contributed by atoms with van der Waals surface area (Å²) in [6, 6.07) is 4.77. The van der Waals surface area contributed by atoms with Crippen LogP contribution in [0.3, 0.4) is 0 Å². The van der Waals surface area contributed by atoms with Crippen LogP contribution in [0, 0.1) is 5.82 Å². The molecule has 5 heteroatoms. The number of hydrogen-bond donors (Lipinski definition) is 1. The quantitative estimate of drug-likeness (QED) is 0.853. The van der Waals surface area contributed by atoms with Crippen molar-refractivity contribution in [2.24, 2.45) is 0 Å². The SMILES string of the molecule is CCOc1ccc(CCN(C)C(=O)C(C)O)cc1F. The van der Waals surface area contributed by atoms with Gasteiger partial charge in [0.15, 0.2) is 11.6 Å². The standard InChI is InChI=1S/C14H20FNO3/c1-4-19-13-6-5-11(9-12(13)15)7-8-16(3)14(18)10(2)17/h5-6,9-10,17H,4,7-8H2,1-3H3. The molecular weight excluding hydrogens is 249 g/mol. The number of amides is 1. The van der Waals surface area contributed by atoms with E-state index in [1.165, 1.54) is 17.9 Å². The highest BCUT2D eigenvalue weighted by Crippen LogP contribution is 2.18. The molecule has 0 saturated heterocycles. The van der Waals surface area contributed by atoms with E-state index in [9.17, 15) is 9.18 Å². The maximum Gasteiger partial charge on any atom is 0.250 e. The predicted octanol–water partition coefficient (Wildman–Crippen LogP) is 1.61. The lowest BCUT2D eigenvalue weighted by Gasteiger charge is -2.18. The second kappa shape index (κ2) is 7.09. The first-order valence-corrected chi connectivity index (χ1v) is 6.30. The lowest BCUT2D eigenvalue weighted by molar-refractivity contribution is -0.137. The van der Waals surface area contributed by atoms with Gasteiger partial charge in [0.2, 0.25) is 0 Å². The maximum absolute atomic E-state index is 13.6. The second-order valence-corrected chi connectivity index (χ2v) is 4.38. The first-order valence-electron chi connectivity index (χ1n) is 6.30. The number of rotatable bonds is 6. The Morgan fingerprint density at radius 3 is 2.74 bits per heavy atom. The molecular formula is C14H20FNO3. The van der Waals surface area contributed by atoms with Gasteiger partial charge in [-0.2, -0.15) is 0 Å². The molecule has 1 amide bonds. The highest BCUT2D eigenvalue weighted by atomic mass is 19.1. The van der Waals surface area contributed by atoms with Gasteiger partial charge in [-0.3, -0.25) is 4.79 Å². The van der Waals surface area contributed by atoms with E-state index in [1.807, 2.05) is 0 Å². The number of likely N-dealkylation sites (N-methyl/N-ethyl adjacent to an activating group) is 1. The molecule has 0 spiro atoms. The van der Waals surface area contributed by atoms with Crippen LogP contribution in [-0.4, -0.2) is 42.2 Å². The molecule has 0 saturated carbocycles. The zero-order valence-corrected chi connectivity index (χ0v) is 11.5. The van der Waals surface area contributed by atoms with Crippen molar-refractivity contribution in [2.45, 2.75) is 26.4 Å². The lowest BCUT2D eigenvalue weighted by Crippen LogP contribution is -2.35. The number of aliphatic hydroxyl groups excluding tert-OH is 1. The number of carbonyl (C=O) groups excluding carboxylic acids is 1. The van der Waals surface area contributed by atoms with Crippen LogP contribution < -0.4 is 4.74 Å². The molecule has 4 nitrogen and oxygen atoms in total. The van der Waals surface area contributed by atoms with Crippen LogP contribution in [0.5, 0.6) is 5.75 Å². The van der Waals surface area contributed by atoms with Gasteiger partial charge in [-0.15, -0.1) is 0 Å². The van der Waals surface area contributed by atoms with Crippen LogP contribution in [-0.2, 0) is 11.2 Å². The van der Waals surface area contributed by atoms with E-state index < -0.39 is 11.9 Å². The molecule has 106 valence electrons. The molecule has 1 rings (SSSR count). The molecule has 1 atom stereocenters. The number of benzene rings is 1. The summed E-state index contributed by atoms with van der Waals surface area (Å²) in [4.78, 5) is 12.9. The summed E-state index contributed by atoms with van der Waals surface area (Å²) in [6.45, 7) is 4.07. The zero-order valence-electron chi connectivity index (χ0n) is 11.5. The van der Waals surface area contributed by atoms with Gasteiger partial charge >= 0.3 is 0 Å². The average molecular weight is 269 g/mol. The molecule has 1 aromatic carbocycles. The Bertz CT molecular complexity index is 435. The van der Waals surface area contributed by atoms with Gasteiger partial charge in [0, 0.05) is 13.6 Å². The molecule has 1 unspecified atom stereocenters. The van der Waals surface area contributed by atoms with Gasteiger partial charge in [-0.1, -0.05) is 6.07 Å². The Morgan fingerprint density at radius 2 is 2.21 bits per heavy atom. The molecule has 0 aliphatic carbocycles. The van der Waals surface area contributed by atoms with E-state index >= 15 is 0 Å². The van der Waals surface area contributed by atoms with Crippen molar-refractivity contribution in [1.29, 1.82) is 0 Å². The largest absolute Gasteiger partial charge is 0.491 e. The van der Waals surface area contributed by atoms with Crippen LogP contribution in [0.25, 0.3) is 0 Å². The van der Waals surface area contributed by atoms with E-state index in [-0.39, 0.29) is 11.7 Å². The minimum Gasteiger partial charge on any atom is -0.491 e. The molecule has 1 N–H and O–H groups in total. The van der Waals surface area contributed by atoms with Gasteiger partial charge in [0.05, 0.1) is 6.61 Å². The molecule has 0 radical (unpaired) electrons. The number of ether oxygens (including phenoxy) is 1. The van der Waals surface area contributed by atoms with Crippen molar-refractivity contribution in [2.75, 3.05) is 20.2 Å². The number of halogens is 1. The normalized spacial score (nSPS) is 12.1. The topological polar surface area (TPSA) is 49.8 Å². The monoisotopic (exact) mass is 269 g/mol. The first kappa shape index (κ1) is 15.4. The third kappa shape index (κ3) is 4.52. The Labute approximate surface area is 112 Å². The molecule has 0 fully saturated rings. The average Bonchev–Trinajstić information content (AvgIpc) is 2.38. The van der Waals surface area contributed by atoms with Crippen molar-refractivity contribution in [3.05, 3.63) is 29.6 Å². The number of nitrogens with zero attached hydrogens (tertiary/aromatic N) is 1. The Morgan fingerprint density at radius 1 is 1.53 bits per heavy atom. The molecule has 0 aliphatic heterocycles. The molecule has 0 heterocycles. The number of hydrogen-bond acceptors (Lipinski definition) is 3. The lowest BCUT2D eigenvalue weighted by atomic mass is 10.1. The van der Waals surface area contributed by atoms with Crippen molar-refractivity contribution in [1.82, 2.24) is 4.90 Å². The Hall–Kier alpha value is -1.62. The van der Waals surface area contributed by atoms with E-state index in [4.69, 9.17) is 9.84 Å². The Balaban J connectivity index is 2.59. The van der Waals surface area contributed by atoms with E-state index in [0.29, 0.717) is 19.6 Å². The zero-order chi connectivity index (χ0) is 14.4. The third-order valence-electron chi connectivity index (χ3n) is 2.77. The minimum atomic E-state index is -1.01. The van der Waals surface area contributed by atoms with Gasteiger partial charge in [-0.25, -0.2) is 4.39 Å². The molecule has 0 aromatic heterocycles. The highest BCUT2D eigenvalue weighted by molar-refractivity contribution is 5.79. The minimum absolute atomic E-state index is 0.236. The molecule has 0 bridgehead atoms. The molecule has 19 heavy (non-hydrogen) atoms. The summed E-state index contributed by atoms with van der Waals surface area (Å²) in [7, 11) is 1.61. The van der Waals surface area contributed by atoms with Crippen LogP contribution in [0.15, 0.2) is 18.2 Å². The van der Waals surface area contributed by atoms with Crippen LogP contribution >= 0.6 is 0 Å². The first-order chi connectivity index (χ1) is 8.95. The summed E-state index contributed by atoms with van der Waals surface area (Å²) in [5, 5.41) is 9.16. The predicted molar refractivity (Wildman–Crippen MR) is 70.6 cm³/mol. The van der Waals surface area contributed by atoms with E-state index in [2.05, 4.69) is 0 Å². The fourth-order valence-electron chi connectivity index (χ4n) is 1.70. The summed E-state index contributed by atoms with van der Waals surface area (Å²) >= 11 is 0. The van der Waals surface area contributed by atoms with Crippen molar-refractivity contribution in [3.8, 4) is 5.75 Å². The molecule has 1 aromatic rings. The van der Waals surface area contributed by atoms with E-state index in [0.717, 1.165) is 5.56 Å². The fourth-order valence-corrected chi connectivity index (χ4v) is 1.70. The van der Waals surface area contributed by atoms with Crippen LogP contribution in [0.1, 0.15) is 19.4 Å². The van der Waals surface area contributed by atoms with Gasteiger partial charge in [0.1, 0.15) is 6.10 Å². The highest BCUT2D eigenvalue weighted by Gasteiger charge is 2.14. The van der Waals surface area contributed by atoms with Gasteiger partial charge in [-0.05, 0) is 38.0 Å². The van der Waals surface area contributed by atoms with Crippen LogP contribution in [0.2, 0.25) is 0 Å². The van der Waals surface area contributed by atoms with E-state index in [1.54, 1.807) is 26.1 Å². The summed E-state index contributed by atoms with van der Waals surface area (Å²) in [6.07, 6.45) is -0.486. The third-order valence-corrected chi connectivity index (χ3v) is 2.77. The summed E-state index contributed by atoms with van der Waals surface area (Å²) in [5.41, 5.74) is 0.784. The van der Waals surface area contributed by atoms with Gasteiger partial charge in [0.25, 0.3) is 5.91 Å². The van der Waals surface area contributed by atoms with Crippen molar-refractivity contribution < 1.29 is 19.0 Å². The molecule has 0 aliphatic rings. The maximum atomic E-state index is 13.6. The number of aliphatic hydroxyl groups is 1. The van der Waals surface area contributed by atoms with Crippen molar-refractivity contribution >= 4 is 5.91 Å². The summed E-state index contributed by atoms with van der Waals surface area (Å²) in [5.74, 6) is -0.505. The number of carbonyl (C=O) groups is 1. The smallest absolute Gasteiger partial charge is 0.250 e. The summed E-state index contributed by atoms with van der Waals surface area (Å²) < 4.78 is 18.7. The second-order valence-electron chi connectivity index (χ2n) is 4.38. The van der Waals surface area contributed by atoms with Gasteiger partial charge < -0.3 is 14.7 Å². The van der Waals surface area contributed by atoms with Crippen LogP contribution in [0.4, 0.5) is 4.39 Å².